The number of anilines is 1. The number of aromatic nitrogens is 3. The zero-order valence-electron chi connectivity index (χ0n) is 14.9. The molecule has 0 spiro atoms. The lowest BCUT2D eigenvalue weighted by molar-refractivity contribution is 0.284. The quantitative estimate of drug-likeness (QED) is 0.670. The average Bonchev–Trinajstić information content (AvgIpc) is 3.04. The van der Waals surface area contributed by atoms with Crippen LogP contribution in [-0.2, 0) is 0 Å². The molecule has 138 valence electrons. The molecular weight excluding hydrogens is 348 g/mol. The highest BCUT2D eigenvalue weighted by molar-refractivity contribution is 7.25. The Balaban J connectivity index is 1.77. The van der Waals surface area contributed by atoms with Crippen molar-refractivity contribution in [2.75, 3.05) is 18.5 Å². The summed E-state index contributed by atoms with van der Waals surface area (Å²) in [6.07, 6.45) is 8.58. The van der Waals surface area contributed by atoms with E-state index in [1.165, 1.54) is 24.2 Å². The normalized spacial score (nSPS) is 20.7. The Morgan fingerprint density at radius 1 is 1.31 bits per heavy atom. The van der Waals surface area contributed by atoms with E-state index in [0.29, 0.717) is 17.7 Å². The molecule has 0 unspecified atom stereocenters. The zero-order valence-corrected chi connectivity index (χ0v) is 15.8. The first kappa shape index (κ1) is 17.4. The van der Waals surface area contributed by atoms with Crippen LogP contribution in [0.15, 0.2) is 23.4 Å². The minimum atomic E-state index is 0.0545. The first-order chi connectivity index (χ1) is 12.7. The third-order valence-electron chi connectivity index (χ3n) is 5.34. The van der Waals surface area contributed by atoms with E-state index >= 15 is 0 Å². The Hall–Kier alpha value is -1.99. The fourth-order valence-corrected chi connectivity index (χ4v) is 4.86. The number of aliphatic hydroxyl groups excluding tert-OH is 1. The number of nitrogens with one attached hydrogen (secondary N) is 1. The Kier molecular flexibility index (Phi) is 4.91. The predicted octanol–water partition coefficient (Wildman–Crippen LogP) is 3.55. The maximum atomic E-state index is 13.1. The van der Waals surface area contributed by atoms with E-state index in [2.05, 4.69) is 22.2 Å². The van der Waals surface area contributed by atoms with Crippen molar-refractivity contribution in [2.45, 2.75) is 45.1 Å². The van der Waals surface area contributed by atoms with Crippen LogP contribution in [0.3, 0.4) is 0 Å². The number of hydrogen-bond donors (Lipinski definition) is 2. The van der Waals surface area contributed by atoms with Crippen LogP contribution in [0.2, 0.25) is 0 Å². The maximum absolute atomic E-state index is 13.1. The summed E-state index contributed by atoms with van der Waals surface area (Å²) in [5, 5.41) is 13.2. The van der Waals surface area contributed by atoms with Crippen LogP contribution in [-0.4, -0.2) is 32.8 Å². The summed E-state index contributed by atoms with van der Waals surface area (Å²) in [6.45, 7) is 3.10. The van der Waals surface area contributed by atoms with Gasteiger partial charge >= 0.3 is 0 Å². The summed E-state index contributed by atoms with van der Waals surface area (Å²) < 4.78 is 2.52. The molecule has 7 heteroatoms. The molecule has 0 aliphatic heterocycles. The molecule has 1 aliphatic carbocycles. The number of aliphatic hydroxyl groups is 1. The van der Waals surface area contributed by atoms with Crippen molar-refractivity contribution in [3.63, 3.8) is 0 Å². The van der Waals surface area contributed by atoms with E-state index < -0.39 is 0 Å². The van der Waals surface area contributed by atoms with Crippen LogP contribution >= 0.6 is 11.3 Å². The number of pyridine rings is 1. The largest absolute Gasteiger partial charge is 0.396 e. The van der Waals surface area contributed by atoms with E-state index in [4.69, 9.17) is 5.11 Å². The molecule has 0 bridgehead atoms. The fourth-order valence-electron chi connectivity index (χ4n) is 3.80. The number of thiophene rings is 1. The fraction of sp³-hybridized carbons (Fsp3) is 0.526. The van der Waals surface area contributed by atoms with Gasteiger partial charge in [-0.3, -0.25) is 9.36 Å². The van der Waals surface area contributed by atoms with Crippen molar-refractivity contribution in [3.8, 4) is 0 Å². The third-order valence-corrected chi connectivity index (χ3v) is 6.41. The Morgan fingerprint density at radius 3 is 2.88 bits per heavy atom. The van der Waals surface area contributed by atoms with Crippen LogP contribution in [0.1, 0.15) is 45.1 Å². The van der Waals surface area contributed by atoms with E-state index in [1.807, 2.05) is 10.6 Å². The maximum Gasteiger partial charge on any atom is 0.271 e. The van der Waals surface area contributed by atoms with Crippen molar-refractivity contribution in [2.24, 2.45) is 5.92 Å². The van der Waals surface area contributed by atoms with Gasteiger partial charge in [0.2, 0.25) is 0 Å². The van der Waals surface area contributed by atoms with E-state index in [-0.39, 0.29) is 18.2 Å². The average molecular weight is 372 g/mol. The van der Waals surface area contributed by atoms with E-state index in [0.717, 1.165) is 40.2 Å². The van der Waals surface area contributed by atoms with Crippen molar-refractivity contribution in [3.05, 3.63) is 28.9 Å². The van der Waals surface area contributed by atoms with Gasteiger partial charge < -0.3 is 10.4 Å². The highest BCUT2D eigenvalue weighted by Crippen LogP contribution is 2.35. The van der Waals surface area contributed by atoms with Crippen LogP contribution in [0.25, 0.3) is 20.4 Å². The van der Waals surface area contributed by atoms with Gasteiger partial charge in [0.05, 0.1) is 17.2 Å². The molecule has 1 aliphatic rings. The molecule has 1 saturated carbocycles. The Labute approximate surface area is 155 Å². The Bertz CT molecular complexity index is 973. The van der Waals surface area contributed by atoms with Gasteiger partial charge in [-0.05, 0) is 44.1 Å². The molecule has 0 aromatic carbocycles. The van der Waals surface area contributed by atoms with Gasteiger partial charge in [-0.15, -0.1) is 11.3 Å². The van der Waals surface area contributed by atoms with Gasteiger partial charge in [0.25, 0.3) is 5.56 Å². The lowest BCUT2D eigenvalue weighted by Crippen LogP contribution is -2.27. The van der Waals surface area contributed by atoms with Crippen LogP contribution in [0, 0.1) is 5.92 Å². The molecule has 3 aromatic rings. The van der Waals surface area contributed by atoms with Gasteiger partial charge in [-0.25, -0.2) is 9.97 Å². The van der Waals surface area contributed by atoms with Gasteiger partial charge in [-0.1, -0.05) is 6.92 Å². The van der Waals surface area contributed by atoms with Crippen molar-refractivity contribution in [1.82, 2.24) is 14.5 Å². The molecule has 0 radical (unpaired) electrons. The molecule has 2 N–H and O–H groups in total. The first-order valence-corrected chi connectivity index (χ1v) is 10.1. The first-order valence-electron chi connectivity index (χ1n) is 9.32. The van der Waals surface area contributed by atoms with Crippen LogP contribution < -0.4 is 10.9 Å². The smallest absolute Gasteiger partial charge is 0.271 e. The molecule has 0 saturated heterocycles. The summed E-state index contributed by atoms with van der Waals surface area (Å²) in [5.41, 5.74) is 1.71. The van der Waals surface area contributed by atoms with Crippen molar-refractivity contribution >= 4 is 37.5 Å². The van der Waals surface area contributed by atoms with Gasteiger partial charge in [0.15, 0.2) is 0 Å². The monoisotopic (exact) mass is 372 g/mol. The number of rotatable bonds is 5. The topological polar surface area (TPSA) is 80.0 Å². The van der Waals surface area contributed by atoms with Crippen molar-refractivity contribution < 1.29 is 5.11 Å². The molecule has 0 amide bonds. The summed E-state index contributed by atoms with van der Waals surface area (Å²) in [5.74, 6) is 0.750. The summed E-state index contributed by atoms with van der Waals surface area (Å²) in [4.78, 5) is 23.0. The highest BCUT2D eigenvalue weighted by atomic mass is 32.1. The van der Waals surface area contributed by atoms with Gasteiger partial charge in [0, 0.05) is 31.1 Å². The highest BCUT2D eigenvalue weighted by Gasteiger charge is 2.23. The summed E-state index contributed by atoms with van der Waals surface area (Å²) >= 11 is 1.42. The lowest BCUT2D eigenvalue weighted by atomic mass is 9.87. The molecule has 6 nitrogen and oxygen atoms in total. The van der Waals surface area contributed by atoms with Gasteiger partial charge in [0.1, 0.15) is 9.53 Å². The Morgan fingerprint density at radius 2 is 2.12 bits per heavy atom. The molecule has 4 rings (SSSR count). The third kappa shape index (κ3) is 3.10. The minimum Gasteiger partial charge on any atom is -0.396 e. The minimum absolute atomic E-state index is 0.0545. The lowest BCUT2D eigenvalue weighted by Gasteiger charge is -2.27. The van der Waals surface area contributed by atoms with E-state index in [9.17, 15) is 4.79 Å². The second kappa shape index (κ2) is 7.32. The second-order valence-corrected chi connectivity index (χ2v) is 8.19. The molecule has 3 heterocycles. The summed E-state index contributed by atoms with van der Waals surface area (Å²) in [6, 6.07) is 2.16. The molecule has 1 fully saturated rings. The van der Waals surface area contributed by atoms with Gasteiger partial charge in [-0.2, -0.15) is 0 Å². The predicted molar refractivity (Wildman–Crippen MR) is 106 cm³/mol. The molecule has 0 atom stereocenters. The molecular formula is C19H24N4O2S. The number of nitrogens with zero attached hydrogens (tertiary/aromatic N) is 3. The zero-order chi connectivity index (χ0) is 18.1. The second-order valence-electron chi connectivity index (χ2n) is 7.19. The molecule has 26 heavy (non-hydrogen) atoms. The summed E-state index contributed by atoms with van der Waals surface area (Å²) in [7, 11) is 0. The molecule has 3 aromatic heterocycles. The van der Waals surface area contributed by atoms with Crippen LogP contribution in [0.4, 0.5) is 5.69 Å². The number of hydrogen-bond acceptors (Lipinski definition) is 6. The number of fused-ring (bicyclic) bond motifs is 3. The standard InChI is InChI=1S/C19H24N4O2S/c1-12-3-5-13(6-4-12)23-11-22-16-15-14(20-8-2-10-24)7-9-21-18(15)26-17(16)19(23)25/h7,9,11-13,24H,2-6,8,10H2,1H3,(H,20,21). The van der Waals surface area contributed by atoms with E-state index in [1.54, 1.807) is 12.5 Å². The van der Waals surface area contributed by atoms with Crippen LogP contribution in [0.5, 0.6) is 0 Å². The van der Waals surface area contributed by atoms with Crippen molar-refractivity contribution in [1.29, 1.82) is 0 Å². The SMILES string of the molecule is CC1CCC(n2cnc3c(sc4nccc(NCCCO)c43)c2=O)CC1.